The molecule has 2 rings (SSSR count). The van der Waals surface area contributed by atoms with Crippen molar-refractivity contribution in [1.29, 1.82) is 0 Å². The van der Waals surface area contributed by atoms with Crippen molar-refractivity contribution in [2.75, 3.05) is 6.61 Å². The molecule has 1 aromatic carbocycles. The van der Waals surface area contributed by atoms with Crippen LogP contribution >= 0.6 is 0 Å². The smallest absolute Gasteiger partial charge is 0.328 e. The summed E-state index contributed by atoms with van der Waals surface area (Å²) < 4.78 is 7.73. The molecule has 0 atom stereocenters. The average molecular weight is 313 g/mol. The van der Waals surface area contributed by atoms with Gasteiger partial charge >= 0.3 is 5.97 Å². The van der Waals surface area contributed by atoms with Crippen LogP contribution in [0.4, 0.5) is 0 Å². The monoisotopic (exact) mass is 313 g/mol. The zero-order valence-corrected chi connectivity index (χ0v) is 13.8. The molecule has 4 nitrogen and oxygen atoms in total. The number of carboxylic acid groups (broad SMARTS) is 1. The fraction of sp³-hybridized carbons (Fsp3) is 0.316. The zero-order chi connectivity index (χ0) is 16.9. The van der Waals surface area contributed by atoms with Crippen LogP contribution in [0.5, 0.6) is 5.75 Å². The van der Waals surface area contributed by atoms with Gasteiger partial charge in [-0.1, -0.05) is 32.9 Å². The van der Waals surface area contributed by atoms with Crippen LogP contribution in [0, 0.1) is 0 Å². The highest BCUT2D eigenvalue weighted by Gasteiger charge is 2.12. The number of nitrogens with zero attached hydrogens (tertiary/aromatic N) is 1. The Bertz CT molecular complexity index is 675. The van der Waals surface area contributed by atoms with Crippen LogP contribution in [0.1, 0.15) is 32.0 Å². The summed E-state index contributed by atoms with van der Waals surface area (Å²) in [6.45, 7) is 7.73. The van der Waals surface area contributed by atoms with Gasteiger partial charge in [0, 0.05) is 18.0 Å². The van der Waals surface area contributed by atoms with Gasteiger partial charge < -0.3 is 14.4 Å². The molecule has 0 saturated heterocycles. The molecule has 0 fully saturated rings. The number of rotatable bonds is 6. The number of benzene rings is 1. The molecule has 0 aliphatic carbocycles. The number of carboxylic acids is 1. The molecule has 4 heteroatoms. The number of ether oxygens (including phenoxy) is 1. The predicted molar refractivity (Wildman–Crippen MR) is 91.7 cm³/mol. The number of hydrogen-bond acceptors (Lipinski definition) is 2. The third-order valence-electron chi connectivity index (χ3n) is 3.58. The Morgan fingerprint density at radius 1 is 1.22 bits per heavy atom. The van der Waals surface area contributed by atoms with E-state index in [1.807, 2.05) is 35.0 Å². The normalized spacial score (nSPS) is 11.8. The third kappa shape index (κ3) is 5.02. The minimum atomic E-state index is -0.951. The van der Waals surface area contributed by atoms with Crippen molar-refractivity contribution in [3.63, 3.8) is 0 Å². The fourth-order valence-electron chi connectivity index (χ4n) is 2.25. The van der Waals surface area contributed by atoms with E-state index < -0.39 is 5.97 Å². The van der Waals surface area contributed by atoms with Crippen LogP contribution < -0.4 is 4.74 Å². The van der Waals surface area contributed by atoms with Gasteiger partial charge in [0.25, 0.3) is 0 Å². The molecular weight excluding hydrogens is 290 g/mol. The average Bonchev–Trinajstić information content (AvgIpc) is 2.92. The molecule has 2 aromatic rings. The Morgan fingerprint density at radius 2 is 1.91 bits per heavy atom. The minimum absolute atomic E-state index is 0.134. The van der Waals surface area contributed by atoms with Gasteiger partial charge in [0.2, 0.25) is 0 Å². The highest BCUT2D eigenvalue weighted by molar-refractivity contribution is 5.84. The van der Waals surface area contributed by atoms with Gasteiger partial charge in [-0.25, -0.2) is 4.79 Å². The van der Waals surface area contributed by atoms with Crippen molar-refractivity contribution in [3.8, 4) is 5.75 Å². The molecule has 0 unspecified atom stereocenters. The summed E-state index contributed by atoms with van der Waals surface area (Å²) in [6, 6.07) is 11.9. The van der Waals surface area contributed by atoms with E-state index in [9.17, 15) is 4.79 Å². The summed E-state index contributed by atoms with van der Waals surface area (Å²) in [5, 5.41) is 8.69. The molecule has 0 radical (unpaired) electrons. The number of hydrogen-bond donors (Lipinski definition) is 1. The molecule has 0 aliphatic heterocycles. The maximum atomic E-state index is 10.6. The van der Waals surface area contributed by atoms with Gasteiger partial charge in [0.1, 0.15) is 12.4 Å². The van der Waals surface area contributed by atoms with Crippen molar-refractivity contribution < 1.29 is 14.6 Å². The van der Waals surface area contributed by atoms with Crippen molar-refractivity contribution in [1.82, 2.24) is 4.57 Å². The van der Waals surface area contributed by atoms with Gasteiger partial charge in [-0.2, -0.15) is 0 Å². The van der Waals surface area contributed by atoms with Gasteiger partial charge in [0.05, 0.1) is 6.54 Å². The lowest BCUT2D eigenvalue weighted by Crippen LogP contribution is -2.11. The quantitative estimate of drug-likeness (QED) is 0.821. The minimum Gasteiger partial charge on any atom is -0.492 e. The first kappa shape index (κ1) is 16.9. The second-order valence-electron chi connectivity index (χ2n) is 6.42. The summed E-state index contributed by atoms with van der Waals surface area (Å²) in [5.41, 5.74) is 2.25. The standard InChI is InChI=1S/C19H23NO3/c1-19(2,3)15-6-9-17(10-7-15)23-14-13-20-12-4-5-16(20)8-11-18(21)22/h4-12H,13-14H2,1-3H3,(H,21,22)/b11-8+. The Kier molecular flexibility index (Phi) is 5.27. The summed E-state index contributed by atoms with van der Waals surface area (Å²) in [6.07, 6.45) is 4.63. The number of aromatic nitrogens is 1. The first-order chi connectivity index (χ1) is 10.9. The number of carbonyl (C=O) groups is 1. The molecule has 0 saturated carbocycles. The molecule has 122 valence electrons. The predicted octanol–water partition coefficient (Wildman–Crippen LogP) is 3.96. The van der Waals surface area contributed by atoms with Gasteiger partial charge in [-0.3, -0.25) is 0 Å². The van der Waals surface area contributed by atoms with E-state index in [1.54, 1.807) is 6.08 Å². The van der Waals surface area contributed by atoms with E-state index in [0.29, 0.717) is 13.2 Å². The van der Waals surface area contributed by atoms with E-state index in [2.05, 4.69) is 32.9 Å². The van der Waals surface area contributed by atoms with E-state index >= 15 is 0 Å². The van der Waals surface area contributed by atoms with Gasteiger partial charge in [-0.15, -0.1) is 0 Å². The summed E-state index contributed by atoms with van der Waals surface area (Å²) in [5.74, 6) is -0.110. The Hall–Kier alpha value is -2.49. The third-order valence-corrected chi connectivity index (χ3v) is 3.58. The maximum absolute atomic E-state index is 10.6. The van der Waals surface area contributed by atoms with E-state index in [0.717, 1.165) is 17.5 Å². The van der Waals surface area contributed by atoms with Crippen LogP contribution in [-0.2, 0) is 16.8 Å². The lowest BCUT2D eigenvalue weighted by atomic mass is 9.87. The molecule has 1 N–H and O–H groups in total. The van der Waals surface area contributed by atoms with Crippen molar-refractivity contribution in [2.45, 2.75) is 32.7 Å². The lowest BCUT2D eigenvalue weighted by molar-refractivity contribution is -0.131. The highest BCUT2D eigenvalue weighted by Crippen LogP contribution is 2.24. The van der Waals surface area contributed by atoms with Gasteiger partial charge in [-0.05, 0) is 41.3 Å². The van der Waals surface area contributed by atoms with Crippen LogP contribution in [0.2, 0.25) is 0 Å². The van der Waals surface area contributed by atoms with Crippen molar-refractivity contribution in [2.24, 2.45) is 0 Å². The Balaban J connectivity index is 1.91. The molecule has 0 aliphatic rings. The second kappa shape index (κ2) is 7.18. The van der Waals surface area contributed by atoms with Crippen molar-refractivity contribution in [3.05, 3.63) is 59.9 Å². The molecule has 1 aromatic heterocycles. The number of aliphatic carboxylic acids is 1. The molecule has 1 heterocycles. The van der Waals surface area contributed by atoms with Crippen molar-refractivity contribution >= 4 is 12.0 Å². The van der Waals surface area contributed by atoms with Crippen LogP contribution in [0.15, 0.2) is 48.7 Å². The van der Waals surface area contributed by atoms with Crippen LogP contribution in [-0.4, -0.2) is 22.2 Å². The SMILES string of the molecule is CC(C)(C)c1ccc(OCCn2cccc2/C=C/C(=O)O)cc1. The Labute approximate surface area is 137 Å². The molecule has 23 heavy (non-hydrogen) atoms. The van der Waals surface area contributed by atoms with E-state index in [-0.39, 0.29) is 5.41 Å². The lowest BCUT2D eigenvalue weighted by Gasteiger charge is -2.19. The topological polar surface area (TPSA) is 51.5 Å². The molecule has 0 amide bonds. The molecular formula is C19H23NO3. The molecule has 0 bridgehead atoms. The maximum Gasteiger partial charge on any atom is 0.328 e. The van der Waals surface area contributed by atoms with E-state index in [4.69, 9.17) is 9.84 Å². The largest absolute Gasteiger partial charge is 0.492 e. The highest BCUT2D eigenvalue weighted by atomic mass is 16.5. The summed E-state index contributed by atoms with van der Waals surface area (Å²) >= 11 is 0. The van der Waals surface area contributed by atoms with Crippen LogP contribution in [0.25, 0.3) is 6.08 Å². The van der Waals surface area contributed by atoms with Gasteiger partial charge in [0.15, 0.2) is 0 Å². The first-order valence-electron chi connectivity index (χ1n) is 7.66. The second-order valence-corrected chi connectivity index (χ2v) is 6.42. The summed E-state index contributed by atoms with van der Waals surface area (Å²) in [4.78, 5) is 10.6. The summed E-state index contributed by atoms with van der Waals surface area (Å²) in [7, 11) is 0. The van der Waals surface area contributed by atoms with E-state index in [1.165, 1.54) is 5.56 Å². The molecule has 0 spiro atoms. The zero-order valence-electron chi connectivity index (χ0n) is 13.8. The Morgan fingerprint density at radius 3 is 2.52 bits per heavy atom. The fourth-order valence-corrected chi connectivity index (χ4v) is 2.25. The van der Waals surface area contributed by atoms with Crippen LogP contribution in [0.3, 0.4) is 0 Å². The first-order valence-corrected chi connectivity index (χ1v) is 7.66.